The fourth-order valence-electron chi connectivity index (χ4n) is 2.37. The van der Waals surface area contributed by atoms with Crippen LogP contribution in [-0.4, -0.2) is 23.0 Å². The monoisotopic (exact) mass is 395 g/mol. The van der Waals surface area contributed by atoms with Crippen molar-refractivity contribution in [1.82, 2.24) is 15.5 Å². The van der Waals surface area contributed by atoms with E-state index in [-0.39, 0.29) is 11.8 Å². The highest BCUT2D eigenvalue weighted by Crippen LogP contribution is 2.24. The number of halogens is 2. The number of hydrogen-bond donors (Lipinski definition) is 1. The molecule has 1 unspecified atom stereocenters. The van der Waals surface area contributed by atoms with Crippen molar-refractivity contribution < 1.29 is 22.5 Å². The smallest absolute Gasteiger partial charge is 0.284 e. The van der Waals surface area contributed by atoms with Crippen LogP contribution in [0.1, 0.15) is 30.4 Å². The molecule has 0 radical (unpaired) electrons. The molecule has 0 fully saturated rings. The summed E-state index contributed by atoms with van der Waals surface area (Å²) in [5.41, 5.74) is 0.795. The maximum absolute atomic E-state index is 12.2. The van der Waals surface area contributed by atoms with Crippen LogP contribution in [0, 0.1) is 0 Å². The van der Waals surface area contributed by atoms with Crippen molar-refractivity contribution in [2.75, 3.05) is 7.11 Å². The van der Waals surface area contributed by atoms with Crippen LogP contribution < -0.4 is 10.1 Å². The highest BCUT2D eigenvalue weighted by molar-refractivity contribution is 7.98. The second-order valence-corrected chi connectivity index (χ2v) is 6.71. The van der Waals surface area contributed by atoms with Gasteiger partial charge in [-0.05, 0) is 31.2 Å². The number of alkyl halides is 2. The quantitative estimate of drug-likeness (QED) is 0.565. The lowest BCUT2D eigenvalue weighted by Crippen LogP contribution is -2.18. The average Bonchev–Trinajstić information content (AvgIpc) is 3.34. The number of ether oxygens (including phenoxy) is 1. The zero-order valence-corrected chi connectivity index (χ0v) is 15.6. The Morgan fingerprint density at radius 1 is 1.22 bits per heavy atom. The van der Waals surface area contributed by atoms with E-state index < -0.39 is 5.76 Å². The fraction of sp³-hybridized carbons (Fsp3) is 0.333. The van der Waals surface area contributed by atoms with Gasteiger partial charge < -0.3 is 13.7 Å². The fourth-order valence-corrected chi connectivity index (χ4v) is 2.82. The van der Waals surface area contributed by atoms with Gasteiger partial charge in [-0.2, -0.15) is 13.8 Å². The lowest BCUT2D eigenvalue weighted by atomic mass is 10.2. The first-order chi connectivity index (χ1) is 13.0. The molecule has 1 N–H and O–H groups in total. The second-order valence-electron chi connectivity index (χ2n) is 5.73. The van der Waals surface area contributed by atoms with E-state index in [0.717, 1.165) is 5.56 Å². The zero-order valence-electron chi connectivity index (χ0n) is 14.8. The van der Waals surface area contributed by atoms with E-state index in [9.17, 15) is 8.78 Å². The minimum absolute atomic E-state index is 0.140. The number of rotatable bonds is 9. The molecule has 1 aromatic carbocycles. The number of aromatic nitrogens is 2. The highest BCUT2D eigenvalue weighted by Gasteiger charge is 2.16. The molecular formula is C18H19F2N3O3S. The van der Waals surface area contributed by atoms with E-state index in [2.05, 4.69) is 15.5 Å². The van der Waals surface area contributed by atoms with Crippen molar-refractivity contribution in [2.45, 2.75) is 31.0 Å². The number of nitrogens with zero attached hydrogens (tertiary/aromatic N) is 2. The molecule has 1 atom stereocenters. The van der Waals surface area contributed by atoms with Gasteiger partial charge in [0.1, 0.15) is 17.3 Å². The van der Waals surface area contributed by atoms with Crippen molar-refractivity contribution in [3.05, 3.63) is 53.8 Å². The van der Waals surface area contributed by atoms with Crippen molar-refractivity contribution in [3.63, 3.8) is 0 Å². The van der Waals surface area contributed by atoms with Crippen LogP contribution in [0.25, 0.3) is 11.4 Å². The molecule has 6 nitrogen and oxygen atoms in total. The van der Waals surface area contributed by atoms with E-state index >= 15 is 0 Å². The number of thioether (sulfide) groups is 1. The Hall–Kier alpha value is -2.39. The lowest BCUT2D eigenvalue weighted by Gasteiger charge is -2.07. The Morgan fingerprint density at radius 3 is 2.81 bits per heavy atom. The summed E-state index contributed by atoms with van der Waals surface area (Å²) >= 11 is 0.532. The van der Waals surface area contributed by atoms with E-state index in [0.29, 0.717) is 47.3 Å². The summed E-state index contributed by atoms with van der Waals surface area (Å²) in [5, 5.41) is 7.22. The van der Waals surface area contributed by atoms with Gasteiger partial charge in [-0.25, -0.2) is 0 Å². The Bertz CT molecular complexity index is 869. The number of benzene rings is 1. The molecule has 0 aliphatic heterocycles. The van der Waals surface area contributed by atoms with Gasteiger partial charge in [0.05, 0.1) is 25.4 Å². The van der Waals surface area contributed by atoms with Crippen LogP contribution in [0.2, 0.25) is 0 Å². The molecule has 0 bridgehead atoms. The zero-order chi connectivity index (χ0) is 19.2. The molecule has 0 saturated carbocycles. The molecule has 0 spiro atoms. The van der Waals surface area contributed by atoms with Gasteiger partial charge >= 0.3 is 0 Å². The summed E-state index contributed by atoms with van der Waals surface area (Å²) in [6.45, 7) is 2.30. The summed E-state index contributed by atoms with van der Waals surface area (Å²) in [4.78, 5) is 4.41. The van der Waals surface area contributed by atoms with Crippen LogP contribution in [0.5, 0.6) is 5.75 Å². The van der Waals surface area contributed by atoms with Gasteiger partial charge in [0.15, 0.2) is 0 Å². The van der Waals surface area contributed by atoms with E-state index in [1.807, 2.05) is 31.2 Å². The van der Waals surface area contributed by atoms with E-state index in [4.69, 9.17) is 13.7 Å². The molecule has 3 rings (SSSR count). The number of nitrogens with one attached hydrogen (secondary N) is 1. The molecular weight excluding hydrogens is 376 g/mol. The molecule has 3 aromatic rings. The number of furan rings is 1. The first-order valence-corrected chi connectivity index (χ1v) is 9.29. The summed E-state index contributed by atoms with van der Waals surface area (Å²) in [7, 11) is 1.60. The third-order valence-corrected chi connectivity index (χ3v) is 4.49. The Morgan fingerprint density at radius 2 is 2.04 bits per heavy atom. The van der Waals surface area contributed by atoms with Crippen LogP contribution in [-0.2, 0) is 12.3 Å². The van der Waals surface area contributed by atoms with E-state index in [1.54, 1.807) is 19.2 Å². The highest BCUT2D eigenvalue weighted by atomic mass is 32.2. The summed E-state index contributed by atoms with van der Waals surface area (Å²) in [6.07, 6.45) is 0. The summed E-state index contributed by atoms with van der Waals surface area (Å²) < 4.78 is 40.5. The predicted molar refractivity (Wildman–Crippen MR) is 97.5 cm³/mol. The van der Waals surface area contributed by atoms with Crippen molar-refractivity contribution in [2.24, 2.45) is 0 Å². The van der Waals surface area contributed by atoms with Gasteiger partial charge in [-0.1, -0.05) is 29.1 Å². The maximum atomic E-state index is 12.2. The average molecular weight is 395 g/mol. The molecule has 0 saturated heterocycles. The van der Waals surface area contributed by atoms with Gasteiger partial charge in [0.2, 0.25) is 11.7 Å². The van der Waals surface area contributed by atoms with Gasteiger partial charge in [-0.15, -0.1) is 0 Å². The van der Waals surface area contributed by atoms with Crippen molar-refractivity contribution in [1.29, 1.82) is 0 Å². The van der Waals surface area contributed by atoms with Crippen molar-refractivity contribution in [3.8, 4) is 17.1 Å². The molecule has 27 heavy (non-hydrogen) atoms. The summed E-state index contributed by atoms with van der Waals surface area (Å²) in [5.74, 6) is 0.523. The Balaban J connectivity index is 1.57. The molecule has 0 amide bonds. The molecule has 0 aliphatic carbocycles. The minimum atomic E-state index is -2.41. The largest absolute Gasteiger partial charge is 0.497 e. The predicted octanol–water partition coefficient (Wildman–Crippen LogP) is 4.64. The molecule has 9 heteroatoms. The topological polar surface area (TPSA) is 73.3 Å². The standard InChI is InChI=1S/C18H19F2N3O3S/c1-11(21-9-14-6-7-15(25-14)10-27-18(19)20)17-22-16(23-26-17)12-4-3-5-13(8-12)24-2/h3-8,11,18,21H,9-10H2,1-2H3. The Labute approximate surface area is 159 Å². The minimum Gasteiger partial charge on any atom is -0.497 e. The number of methoxy groups -OCH3 is 1. The molecule has 0 aliphatic rings. The van der Waals surface area contributed by atoms with Crippen molar-refractivity contribution >= 4 is 11.8 Å². The maximum Gasteiger partial charge on any atom is 0.284 e. The van der Waals surface area contributed by atoms with Crippen LogP contribution in [0.3, 0.4) is 0 Å². The van der Waals surface area contributed by atoms with Gasteiger partial charge in [0.25, 0.3) is 5.76 Å². The van der Waals surface area contributed by atoms with Crippen LogP contribution in [0.4, 0.5) is 8.78 Å². The van der Waals surface area contributed by atoms with Crippen LogP contribution in [0.15, 0.2) is 45.3 Å². The lowest BCUT2D eigenvalue weighted by molar-refractivity contribution is 0.251. The SMILES string of the molecule is COc1cccc(-c2noc(C(C)NCc3ccc(CSC(F)F)o3)n2)c1. The summed E-state index contributed by atoms with van der Waals surface area (Å²) in [6, 6.07) is 10.6. The number of hydrogen-bond acceptors (Lipinski definition) is 7. The first kappa shape index (κ1) is 19.4. The normalized spacial score (nSPS) is 12.5. The molecule has 2 heterocycles. The van der Waals surface area contributed by atoms with Gasteiger partial charge in [-0.3, -0.25) is 5.32 Å². The molecule has 144 valence electrons. The van der Waals surface area contributed by atoms with Crippen LogP contribution >= 0.6 is 11.8 Å². The Kier molecular flexibility index (Phi) is 6.46. The first-order valence-electron chi connectivity index (χ1n) is 8.24. The molecule has 2 aromatic heterocycles. The third-order valence-electron chi connectivity index (χ3n) is 3.79. The second kappa shape index (κ2) is 9.01. The van der Waals surface area contributed by atoms with E-state index in [1.165, 1.54) is 0 Å². The third kappa shape index (κ3) is 5.30. The van der Waals surface area contributed by atoms with Gasteiger partial charge in [0, 0.05) is 5.56 Å².